The molecule has 3 aromatic rings. The number of nitrogens with one attached hydrogen (secondary N) is 1. The Morgan fingerprint density at radius 3 is 2.59 bits per heavy atom. The summed E-state index contributed by atoms with van der Waals surface area (Å²) < 4.78 is 34.7. The molecule has 0 aliphatic carbocycles. The lowest BCUT2D eigenvalue weighted by atomic mass is 10.1. The van der Waals surface area contributed by atoms with Crippen LogP contribution in [0.15, 0.2) is 45.8 Å². The predicted octanol–water partition coefficient (Wildman–Crippen LogP) is 3.33. The van der Waals surface area contributed by atoms with E-state index in [0.29, 0.717) is 12.2 Å². The molecule has 0 spiro atoms. The Morgan fingerprint density at radius 1 is 1.16 bits per heavy atom. The summed E-state index contributed by atoms with van der Waals surface area (Å²) in [6.45, 7) is 6.39. The minimum atomic E-state index is -3.59. The van der Waals surface area contributed by atoms with Gasteiger partial charge in [-0.2, -0.15) is 9.40 Å². The highest BCUT2D eigenvalue weighted by molar-refractivity contribution is 7.89. The lowest BCUT2D eigenvalue weighted by molar-refractivity contribution is 0.102. The third-order valence-electron chi connectivity index (χ3n) is 5.49. The third-order valence-corrected chi connectivity index (χ3v) is 7.52. The molecule has 1 saturated heterocycles. The first-order valence-electron chi connectivity index (χ1n) is 10.6. The smallest absolute Gasteiger partial charge is 0.322 e. The summed E-state index contributed by atoms with van der Waals surface area (Å²) in [5.41, 5.74) is 0.928. The maximum atomic E-state index is 12.9. The topological polar surface area (TPSA) is 123 Å². The first-order valence-corrected chi connectivity index (χ1v) is 12.0. The normalized spacial score (nSPS) is 17.6. The van der Waals surface area contributed by atoms with Crippen molar-refractivity contribution in [3.05, 3.63) is 42.1 Å². The number of benzene rings is 1. The summed E-state index contributed by atoms with van der Waals surface area (Å²) in [6.07, 6.45) is 4.37. The van der Waals surface area contributed by atoms with Gasteiger partial charge in [0.2, 0.25) is 10.0 Å². The van der Waals surface area contributed by atoms with E-state index in [0.717, 1.165) is 19.3 Å². The number of hydrogen-bond acceptors (Lipinski definition) is 7. The largest absolute Gasteiger partial charge is 0.401 e. The van der Waals surface area contributed by atoms with Crippen LogP contribution in [-0.4, -0.2) is 51.2 Å². The number of carbonyl (C=O) groups is 1. The molecule has 1 aliphatic heterocycles. The van der Waals surface area contributed by atoms with Crippen LogP contribution in [0.25, 0.3) is 11.6 Å². The molecular weight excluding hydrogens is 432 g/mol. The van der Waals surface area contributed by atoms with Crippen LogP contribution in [0.3, 0.4) is 0 Å². The van der Waals surface area contributed by atoms with Crippen molar-refractivity contribution >= 4 is 21.9 Å². The van der Waals surface area contributed by atoms with Crippen LogP contribution in [0.5, 0.6) is 0 Å². The van der Waals surface area contributed by atoms with Crippen LogP contribution in [0, 0.1) is 0 Å². The van der Waals surface area contributed by atoms with Gasteiger partial charge in [-0.05, 0) is 63.9 Å². The number of rotatable bonds is 6. The Balaban J connectivity index is 1.47. The van der Waals surface area contributed by atoms with Gasteiger partial charge in [-0.15, -0.1) is 5.10 Å². The maximum absolute atomic E-state index is 12.9. The van der Waals surface area contributed by atoms with E-state index in [1.54, 1.807) is 16.9 Å². The molecule has 1 aromatic carbocycles. The Bertz CT molecular complexity index is 1200. The summed E-state index contributed by atoms with van der Waals surface area (Å²) in [7, 11) is -3.59. The molecule has 1 unspecified atom stereocenters. The van der Waals surface area contributed by atoms with Gasteiger partial charge in [-0.25, -0.2) is 8.42 Å². The van der Waals surface area contributed by atoms with Crippen molar-refractivity contribution in [2.45, 2.75) is 57.0 Å². The molecule has 3 heterocycles. The zero-order valence-electron chi connectivity index (χ0n) is 18.2. The van der Waals surface area contributed by atoms with Gasteiger partial charge in [0.15, 0.2) is 0 Å². The van der Waals surface area contributed by atoms with Crippen LogP contribution in [0.4, 0.5) is 6.01 Å². The van der Waals surface area contributed by atoms with E-state index in [2.05, 4.69) is 20.6 Å². The molecule has 0 radical (unpaired) electrons. The predicted molar refractivity (Wildman–Crippen MR) is 118 cm³/mol. The average Bonchev–Trinajstić information content (AvgIpc) is 3.43. The zero-order valence-corrected chi connectivity index (χ0v) is 19.0. The molecular formula is C21H26N6O4S. The molecule has 1 amide bonds. The van der Waals surface area contributed by atoms with Gasteiger partial charge in [0, 0.05) is 30.4 Å². The molecule has 10 nitrogen and oxygen atoms in total. The van der Waals surface area contributed by atoms with Crippen LogP contribution >= 0.6 is 0 Å². The monoisotopic (exact) mass is 458 g/mol. The molecule has 1 atom stereocenters. The number of amides is 1. The van der Waals surface area contributed by atoms with Gasteiger partial charge < -0.3 is 4.42 Å². The first kappa shape index (κ1) is 22.2. The molecule has 4 rings (SSSR count). The van der Waals surface area contributed by atoms with Gasteiger partial charge in [0.25, 0.3) is 11.8 Å². The number of piperidine rings is 1. The lowest BCUT2D eigenvalue weighted by Crippen LogP contribution is -2.41. The number of aromatic nitrogens is 4. The highest BCUT2D eigenvalue weighted by atomic mass is 32.2. The standard InChI is InChI=1S/C21H26N6O4S/c1-14(2)27-18(11-12-22-27)20-24-25-21(31-20)23-19(28)16-7-9-17(10-8-16)32(29,30)26-13-5-4-6-15(26)3/h7-12,14-15H,4-6,13H2,1-3H3,(H,23,25,28). The minimum absolute atomic E-state index is 0.0320. The van der Waals surface area contributed by atoms with Crippen molar-refractivity contribution in [1.29, 1.82) is 0 Å². The fraction of sp³-hybridized carbons (Fsp3) is 0.429. The molecule has 32 heavy (non-hydrogen) atoms. The minimum Gasteiger partial charge on any atom is -0.401 e. The van der Waals surface area contributed by atoms with E-state index in [1.807, 2.05) is 20.8 Å². The molecule has 0 bridgehead atoms. The molecule has 11 heteroatoms. The SMILES string of the molecule is CC1CCCCN1S(=O)(=O)c1ccc(C(=O)Nc2nnc(-c3ccnn3C(C)C)o2)cc1. The van der Waals surface area contributed by atoms with E-state index >= 15 is 0 Å². The Labute approximate surface area is 186 Å². The second-order valence-electron chi connectivity index (χ2n) is 8.11. The second-order valence-corrected chi connectivity index (χ2v) is 10.00. The Hall–Kier alpha value is -3.05. The highest BCUT2D eigenvalue weighted by Gasteiger charge is 2.31. The van der Waals surface area contributed by atoms with E-state index in [-0.39, 0.29) is 34.4 Å². The van der Waals surface area contributed by atoms with Crippen molar-refractivity contribution in [3.8, 4) is 11.6 Å². The highest BCUT2D eigenvalue weighted by Crippen LogP contribution is 2.26. The molecule has 2 aromatic heterocycles. The summed E-state index contributed by atoms with van der Waals surface area (Å²) in [5, 5.41) is 14.6. The van der Waals surface area contributed by atoms with Crippen LogP contribution in [0.2, 0.25) is 0 Å². The first-order chi connectivity index (χ1) is 15.3. The van der Waals surface area contributed by atoms with Crippen molar-refractivity contribution in [2.24, 2.45) is 0 Å². The zero-order chi connectivity index (χ0) is 22.9. The molecule has 1 fully saturated rings. The Morgan fingerprint density at radius 2 is 1.91 bits per heavy atom. The number of sulfonamides is 1. The van der Waals surface area contributed by atoms with E-state index in [1.165, 1.54) is 28.6 Å². The number of anilines is 1. The van der Waals surface area contributed by atoms with Crippen molar-refractivity contribution < 1.29 is 17.6 Å². The van der Waals surface area contributed by atoms with Crippen molar-refractivity contribution in [2.75, 3.05) is 11.9 Å². The third kappa shape index (κ3) is 4.30. The number of hydrogen-bond donors (Lipinski definition) is 1. The number of nitrogens with zero attached hydrogens (tertiary/aromatic N) is 5. The summed E-state index contributed by atoms with van der Waals surface area (Å²) >= 11 is 0. The summed E-state index contributed by atoms with van der Waals surface area (Å²) in [4.78, 5) is 12.8. The van der Waals surface area contributed by atoms with Gasteiger partial charge in [0.05, 0.1) is 4.90 Å². The average molecular weight is 459 g/mol. The molecule has 170 valence electrons. The fourth-order valence-electron chi connectivity index (χ4n) is 3.78. The van der Waals surface area contributed by atoms with Crippen LogP contribution < -0.4 is 5.32 Å². The number of carbonyl (C=O) groups excluding carboxylic acids is 1. The van der Waals surface area contributed by atoms with Crippen LogP contribution in [-0.2, 0) is 10.0 Å². The van der Waals surface area contributed by atoms with E-state index in [4.69, 9.17) is 4.42 Å². The van der Waals surface area contributed by atoms with E-state index < -0.39 is 15.9 Å². The molecule has 1 aliphatic rings. The van der Waals surface area contributed by atoms with Gasteiger partial charge in [-0.1, -0.05) is 11.5 Å². The molecule has 1 N–H and O–H groups in total. The molecule has 0 saturated carbocycles. The second kappa shape index (κ2) is 8.83. The summed E-state index contributed by atoms with van der Waals surface area (Å²) in [6, 6.07) is 7.62. The quantitative estimate of drug-likeness (QED) is 0.601. The van der Waals surface area contributed by atoms with Crippen LogP contribution in [0.1, 0.15) is 56.4 Å². The van der Waals surface area contributed by atoms with Crippen molar-refractivity contribution in [1.82, 2.24) is 24.3 Å². The van der Waals surface area contributed by atoms with Crippen molar-refractivity contribution in [3.63, 3.8) is 0 Å². The Kier molecular flexibility index (Phi) is 6.11. The van der Waals surface area contributed by atoms with E-state index in [9.17, 15) is 13.2 Å². The van der Waals surface area contributed by atoms with Gasteiger partial charge in [-0.3, -0.25) is 14.8 Å². The lowest BCUT2D eigenvalue weighted by Gasteiger charge is -2.32. The summed E-state index contributed by atoms with van der Waals surface area (Å²) in [5.74, 6) is -0.239. The maximum Gasteiger partial charge on any atom is 0.322 e. The van der Waals surface area contributed by atoms with Gasteiger partial charge in [0.1, 0.15) is 5.69 Å². The van der Waals surface area contributed by atoms with Gasteiger partial charge >= 0.3 is 6.01 Å². The fourth-order valence-corrected chi connectivity index (χ4v) is 5.48.